The molecule has 0 spiro atoms. The highest BCUT2D eigenvalue weighted by Gasteiger charge is 2.23. The van der Waals surface area contributed by atoms with E-state index in [4.69, 9.17) is 26.0 Å². The number of carbonyl (C=O) groups is 1. The Balaban J connectivity index is 2.66. The molecule has 1 aromatic carbocycles. The first kappa shape index (κ1) is 12.4. The molecule has 94 valence electrons. The van der Waals surface area contributed by atoms with Gasteiger partial charge < -0.3 is 14.4 Å². The van der Waals surface area contributed by atoms with E-state index in [0.29, 0.717) is 16.3 Å². The minimum absolute atomic E-state index is 0.0237. The Hall–Kier alpha value is -2.01. The molecule has 0 saturated carbocycles. The van der Waals surface area contributed by atoms with Gasteiger partial charge in [0.15, 0.2) is 0 Å². The largest absolute Gasteiger partial charge is 0.496 e. The molecule has 0 aliphatic heterocycles. The Kier molecular flexibility index (Phi) is 3.25. The average Bonchev–Trinajstić information content (AvgIpc) is 2.70. The van der Waals surface area contributed by atoms with Gasteiger partial charge in [-0.25, -0.2) is 4.79 Å². The predicted octanol–water partition coefficient (Wildman–Crippen LogP) is 3.01. The molecule has 1 aromatic heterocycles. The summed E-state index contributed by atoms with van der Waals surface area (Å²) in [5.41, 5.74) is 0.778. The monoisotopic (exact) mass is 267 g/mol. The average molecular weight is 268 g/mol. The zero-order chi connectivity index (χ0) is 13.3. The molecule has 0 atom stereocenters. The van der Waals surface area contributed by atoms with E-state index in [1.165, 1.54) is 7.11 Å². The molecule has 0 bridgehead atoms. The number of ether oxygens (including phenoxy) is 1. The maximum atomic E-state index is 11.2. The number of carboxylic acids is 1. The van der Waals surface area contributed by atoms with E-state index in [1.54, 1.807) is 25.1 Å². The van der Waals surface area contributed by atoms with E-state index in [0.717, 1.165) is 0 Å². The van der Waals surface area contributed by atoms with E-state index < -0.39 is 5.97 Å². The van der Waals surface area contributed by atoms with Gasteiger partial charge in [-0.05, 0) is 25.1 Å². The Bertz CT molecular complexity index is 606. The van der Waals surface area contributed by atoms with Gasteiger partial charge >= 0.3 is 5.97 Å². The number of hydrogen-bond acceptors (Lipinski definition) is 4. The summed E-state index contributed by atoms with van der Waals surface area (Å²) >= 11 is 5.85. The molecule has 0 radical (unpaired) electrons. The molecule has 1 N–H and O–H groups in total. The van der Waals surface area contributed by atoms with Crippen molar-refractivity contribution in [1.29, 1.82) is 0 Å². The first-order chi connectivity index (χ1) is 8.54. The van der Waals surface area contributed by atoms with Gasteiger partial charge in [0.25, 0.3) is 0 Å². The van der Waals surface area contributed by atoms with Crippen molar-refractivity contribution < 1.29 is 19.2 Å². The Labute approximate surface area is 108 Å². The number of aromatic carboxylic acids is 1. The summed E-state index contributed by atoms with van der Waals surface area (Å²) in [4.78, 5) is 11.2. The van der Waals surface area contributed by atoms with Gasteiger partial charge in [0.2, 0.25) is 0 Å². The van der Waals surface area contributed by atoms with Gasteiger partial charge in [-0.2, -0.15) is 0 Å². The molecule has 0 aliphatic carbocycles. The number of halogens is 1. The van der Waals surface area contributed by atoms with Crippen molar-refractivity contribution in [2.24, 2.45) is 0 Å². The van der Waals surface area contributed by atoms with Crippen molar-refractivity contribution in [2.75, 3.05) is 7.11 Å². The van der Waals surface area contributed by atoms with E-state index in [-0.39, 0.29) is 17.0 Å². The van der Waals surface area contributed by atoms with Crippen LogP contribution in [0.25, 0.3) is 11.3 Å². The smallest absolute Gasteiger partial charge is 0.341 e. The lowest BCUT2D eigenvalue weighted by atomic mass is 10.1. The van der Waals surface area contributed by atoms with Crippen LogP contribution in [-0.2, 0) is 0 Å². The summed E-state index contributed by atoms with van der Waals surface area (Å²) in [7, 11) is 1.47. The summed E-state index contributed by atoms with van der Waals surface area (Å²) in [5, 5.41) is 13.4. The highest BCUT2D eigenvalue weighted by atomic mass is 35.5. The first-order valence-electron chi connectivity index (χ1n) is 5.08. The predicted molar refractivity (Wildman–Crippen MR) is 65.2 cm³/mol. The second-order valence-electron chi connectivity index (χ2n) is 3.61. The molecular weight excluding hydrogens is 258 g/mol. The van der Waals surface area contributed by atoms with Crippen LogP contribution in [0.4, 0.5) is 0 Å². The normalized spacial score (nSPS) is 10.4. The van der Waals surface area contributed by atoms with Crippen LogP contribution in [0, 0.1) is 6.92 Å². The molecule has 0 fully saturated rings. The van der Waals surface area contributed by atoms with Crippen LogP contribution < -0.4 is 4.74 Å². The van der Waals surface area contributed by atoms with E-state index in [1.807, 2.05) is 0 Å². The quantitative estimate of drug-likeness (QED) is 0.925. The van der Waals surface area contributed by atoms with Crippen molar-refractivity contribution in [1.82, 2.24) is 5.16 Å². The van der Waals surface area contributed by atoms with Gasteiger partial charge in [0.1, 0.15) is 22.8 Å². The second-order valence-corrected chi connectivity index (χ2v) is 4.05. The minimum atomic E-state index is -1.10. The third-order valence-electron chi connectivity index (χ3n) is 2.50. The molecular formula is C12H10ClNO4. The number of methoxy groups -OCH3 is 1. The maximum absolute atomic E-state index is 11.2. The molecule has 2 aromatic rings. The Morgan fingerprint density at radius 2 is 2.22 bits per heavy atom. The van der Waals surface area contributed by atoms with E-state index >= 15 is 0 Å². The molecule has 18 heavy (non-hydrogen) atoms. The lowest BCUT2D eigenvalue weighted by molar-refractivity contribution is 0.0696. The first-order valence-corrected chi connectivity index (χ1v) is 5.46. The van der Waals surface area contributed by atoms with Gasteiger partial charge in [-0.15, -0.1) is 0 Å². The third kappa shape index (κ3) is 2.04. The van der Waals surface area contributed by atoms with Crippen LogP contribution in [0.5, 0.6) is 5.75 Å². The van der Waals surface area contributed by atoms with Gasteiger partial charge in [-0.1, -0.05) is 16.8 Å². The SMILES string of the molecule is COc1cc(Cl)ccc1-c1noc(C)c1C(=O)O. The van der Waals surface area contributed by atoms with Crippen LogP contribution >= 0.6 is 11.6 Å². The number of aryl methyl sites for hydroxylation is 1. The topological polar surface area (TPSA) is 72.6 Å². The number of hydrogen-bond donors (Lipinski definition) is 1. The summed E-state index contributed by atoms with van der Waals surface area (Å²) in [6, 6.07) is 4.87. The lowest BCUT2D eigenvalue weighted by Gasteiger charge is -2.06. The third-order valence-corrected chi connectivity index (χ3v) is 2.73. The number of carboxylic acid groups (broad SMARTS) is 1. The van der Waals surface area contributed by atoms with Crippen LogP contribution in [0.2, 0.25) is 5.02 Å². The van der Waals surface area contributed by atoms with E-state index in [9.17, 15) is 4.79 Å². The molecule has 0 amide bonds. The van der Waals surface area contributed by atoms with Crippen LogP contribution in [-0.4, -0.2) is 23.3 Å². The van der Waals surface area contributed by atoms with Crippen LogP contribution in [0.1, 0.15) is 16.1 Å². The van der Waals surface area contributed by atoms with Crippen molar-refractivity contribution in [2.45, 2.75) is 6.92 Å². The van der Waals surface area contributed by atoms with E-state index in [2.05, 4.69) is 5.16 Å². The van der Waals surface area contributed by atoms with Gasteiger partial charge in [0, 0.05) is 10.6 Å². The second kappa shape index (κ2) is 4.70. The van der Waals surface area contributed by atoms with Crippen molar-refractivity contribution >= 4 is 17.6 Å². The highest BCUT2D eigenvalue weighted by molar-refractivity contribution is 6.30. The number of rotatable bonds is 3. The van der Waals surface area contributed by atoms with Crippen LogP contribution in [0.15, 0.2) is 22.7 Å². The van der Waals surface area contributed by atoms with Gasteiger partial charge in [0.05, 0.1) is 7.11 Å². The maximum Gasteiger partial charge on any atom is 0.341 e. The fraction of sp³-hybridized carbons (Fsp3) is 0.167. The van der Waals surface area contributed by atoms with Crippen LogP contribution in [0.3, 0.4) is 0 Å². The van der Waals surface area contributed by atoms with Gasteiger partial charge in [-0.3, -0.25) is 0 Å². The number of nitrogens with zero attached hydrogens (tertiary/aromatic N) is 1. The zero-order valence-corrected chi connectivity index (χ0v) is 10.5. The molecule has 2 rings (SSSR count). The molecule has 6 heteroatoms. The number of benzene rings is 1. The fourth-order valence-corrected chi connectivity index (χ4v) is 1.83. The zero-order valence-electron chi connectivity index (χ0n) is 9.73. The van der Waals surface area contributed by atoms with Crippen molar-refractivity contribution in [3.63, 3.8) is 0 Å². The summed E-state index contributed by atoms with van der Waals surface area (Å²) in [6.45, 7) is 1.54. The standard InChI is InChI=1S/C12H10ClNO4/c1-6-10(12(15)16)11(14-18-6)8-4-3-7(13)5-9(8)17-2/h3-5H,1-2H3,(H,15,16). The summed E-state index contributed by atoms with van der Waals surface area (Å²) in [5.74, 6) is -0.409. The highest BCUT2D eigenvalue weighted by Crippen LogP contribution is 2.34. The summed E-state index contributed by atoms with van der Waals surface area (Å²) < 4.78 is 10.1. The summed E-state index contributed by atoms with van der Waals surface area (Å²) in [6.07, 6.45) is 0. The Morgan fingerprint density at radius 3 is 2.83 bits per heavy atom. The fourth-order valence-electron chi connectivity index (χ4n) is 1.67. The number of aromatic nitrogens is 1. The molecule has 0 unspecified atom stereocenters. The van der Waals surface area contributed by atoms with Crippen molar-refractivity contribution in [3.05, 3.63) is 34.5 Å². The Morgan fingerprint density at radius 1 is 1.50 bits per heavy atom. The lowest BCUT2D eigenvalue weighted by Crippen LogP contribution is -2.00. The van der Waals surface area contributed by atoms with Crippen molar-refractivity contribution in [3.8, 4) is 17.0 Å². The molecule has 5 nitrogen and oxygen atoms in total. The molecule has 0 saturated heterocycles. The molecule has 0 aliphatic rings. The minimum Gasteiger partial charge on any atom is -0.496 e. The molecule has 1 heterocycles.